The van der Waals surface area contributed by atoms with Crippen molar-refractivity contribution in [2.75, 3.05) is 6.54 Å². The predicted molar refractivity (Wildman–Crippen MR) is 38.2 cm³/mol. The number of carboxylic acids is 1. The molecule has 1 fully saturated rings. The van der Waals surface area contributed by atoms with Crippen LogP contribution in [0.4, 0.5) is 13.2 Å². The van der Waals surface area contributed by atoms with Gasteiger partial charge in [0.15, 0.2) is 0 Å². The normalized spacial score (nSPS) is 30.1. The lowest BCUT2D eigenvalue weighted by Crippen LogP contribution is -2.49. The Bertz CT molecular complexity index is 196. The van der Waals surface area contributed by atoms with Crippen LogP contribution in [0.3, 0.4) is 0 Å². The van der Waals surface area contributed by atoms with Crippen LogP contribution in [0.5, 0.6) is 0 Å². The smallest absolute Gasteiger partial charge is 0.403 e. The lowest BCUT2D eigenvalue weighted by molar-refractivity contribution is -0.166. The first kappa shape index (κ1) is 10.3. The standard InChI is InChI=1S/C7H10F3NO2/c8-7(9,10)5-2-1-4(3-11-5)6(12)13/h4-5,11H,1-3H2,(H,12,13). The van der Waals surface area contributed by atoms with Gasteiger partial charge in [0.1, 0.15) is 6.04 Å². The van der Waals surface area contributed by atoms with Gasteiger partial charge in [-0.3, -0.25) is 4.79 Å². The summed E-state index contributed by atoms with van der Waals surface area (Å²) in [5.74, 6) is -1.72. The Kier molecular flexibility index (Phi) is 2.80. The number of carbonyl (C=O) groups is 1. The zero-order valence-corrected chi connectivity index (χ0v) is 6.77. The maximum Gasteiger partial charge on any atom is 0.403 e. The molecule has 1 saturated heterocycles. The number of carboxylic acid groups (broad SMARTS) is 1. The van der Waals surface area contributed by atoms with Crippen LogP contribution in [-0.4, -0.2) is 29.8 Å². The van der Waals surface area contributed by atoms with E-state index in [9.17, 15) is 18.0 Å². The number of aliphatic carboxylic acids is 1. The highest BCUT2D eigenvalue weighted by molar-refractivity contribution is 5.70. The maximum absolute atomic E-state index is 12.1. The zero-order chi connectivity index (χ0) is 10.1. The average Bonchev–Trinajstić information content (AvgIpc) is 2.03. The largest absolute Gasteiger partial charge is 0.481 e. The minimum atomic E-state index is -4.26. The number of alkyl halides is 3. The molecule has 1 rings (SSSR count). The van der Waals surface area contributed by atoms with Crippen LogP contribution in [0.1, 0.15) is 12.8 Å². The molecule has 0 radical (unpaired) electrons. The Hall–Kier alpha value is -0.780. The SMILES string of the molecule is O=C(O)C1CCC(C(F)(F)F)NC1. The minimum absolute atomic E-state index is 0.0898. The van der Waals surface area contributed by atoms with Crippen molar-refractivity contribution in [3.63, 3.8) is 0 Å². The molecule has 0 bridgehead atoms. The molecule has 76 valence electrons. The van der Waals surface area contributed by atoms with Gasteiger partial charge in [0, 0.05) is 6.54 Å². The van der Waals surface area contributed by atoms with Crippen molar-refractivity contribution in [1.29, 1.82) is 0 Å². The summed E-state index contributed by atoms with van der Waals surface area (Å²) < 4.78 is 36.2. The van der Waals surface area contributed by atoms with E-state index < -0.39 is 24.1 Å². The van der Waals surface area contributed by atoms with Crippen molar-refractivity contribution in [1.82, 2.24) is 5.32 Å². The van der Waals surface area contributed by atoms with Gasteiger partial charge in [0.25, 0.3) is 0 Å². The molecule has 13 heavy (non-hydrogen) atoms. The zero-order valence-electron chi connectivity index (χ0n) is 6.77. The van der Waals surface area contributed by atoms with Crippen molar-refractivity contribution in [2.45, 2.75) is 25.1 Å². The summed E-state index contributed by atoms with van der Waals surface area (Å²) in [6.07, 6.45) is -4.32. The molecule has 0 spiro atoms. The third kappa shape index (κ3) is 2.58. The van der Waals surface area contributed by atoms with Crippen LogP contribution >= 0.6 is 0 Å². The van der Waals surface area contributed by atoms with Crippen LogP contribution in [0.25, 0.3) is 0 Å². The second-order valence-corrected chi connectivity index (χ2v) is 3.11. The second kappa shape index (κ2) is 3.53. The van der Waals surface area contributed by atoms with Crippen molar-refractivity contribution in [3.05, 3.63) is 0 Å². The molecule has 6 heteroatoms. The van der Waals surface area contributed by atoms with E-state index in [1.165, 1.54) is 0 Å². The summed E-state index contributed by atoms with van der Waals surface area (Å²) >= 11 is 0. The van der Waals surface area contributed by atoms with E-state index in [4.69, 9.17) is 5.11 Å². The molecule has 1 heterocycles. The lowest BCUT2D eigenvalue weighted by atomic mass is 9.95. The summed E-state index contributed by atoms with van der Waals surface area (Å²) in [6.45, 7) is -0.0977. The second-order valence-electron chi connectivity index (χ2n) is 3.11. The Labute approximate surface area is 72.9 Å². The van der Waals surface area contributed by atoms with Gasteiger partial charge in [-0.2, -0.15) is 13.2 Å². The number of rotatable bonds is 1. The monoisotopic (exact) mass is 197 g/mol. The van der Waals surface area contributed by atoms with Gasteiger partial charge < -0.3 is 10.4 Å². The van der Waals surface area contributed by atoms with Crippen LogP contribution in [0.2, 0.25) is 0 Å². The first-order valence-electron chi connectivity index (χ1n) is 3.94. The quantitative estimate of drug-likeness (QED) is 0.659. The minimum Gasteiger partial charge on any atom is -0.481 e. The average molecular weight is 197 g/mol. The Morgan fingerprint density at radius 3 is 2.31 bits per heavy atom. The lowest BCUT2D eigenvalue weighted by Gasteiger charge is -2.28. The van der Waals surface area contributed by atoms with E-state index in [1.807, 2.05) is 0 Å². The summed E-state index contributed by atoms with van der Waals surface area (Å²) in [5.41, 5.74) is 0. The molecule has 2 unspecified atom stereocenters. The molecule has 0 aliphatic carbocycles. The third-order valence-electron chi connectivity index (χ3n) is 2.16. The molecule has 0 aromatic heterocycles. The van der Waals surface area contributed by atoms with Crippen molar-refractivity contribution < 1.29 is 23.1 Å². The van der Waals surface area contributed by atoms with Crippen molar-refractivity contribution in [3.8, 4) is 0 Å². The van der Waals surface area contributed by atoms with E-state index >= 15 is 0 Å². The summed E-state index contributed by atoms with van der Waals surface area (Å²) in [5, 5.41) is 10.7. The molecule has 3 nitrogen and oxygen atoms in total. The highest BCUT2D eigenvalue weighted by atomic mass is 19.4. The summed E-state index contributed by atoms with van der Waals surface area (Å²) in [6, 6.07) is -1.54. The molecule has 1 aliphatic rings. The van der Waals surface area contributed by atoms with Gasteiger partial charge in [-0.15, -0.1) is 0 Å². The highest BCUT2D eigenvalue weighted by Crippen LogP contribution is 2.27. The van der Waals surface area contributed by atoms with Gasteiger partial charge in [0.2, 0.25) is 0 Å². The number of nitrogens with one attached hydrogen (secondary N) is 1. The fourth-order valence-corrected chi connectivity index (χ4v) is 1.35. The van der Waals surface area contributed by atoms with Gasteiger partial charge >= 0.3 is 12.1 Å². The fraction of sp³-hybridized carbons (Fsp3) is 0.857. The van der Waals surface area contributed by atoms with E-state index in [0.29, 0.717) is 0 Å². The first-order chi connectivity index (χ1) is 5.91. The molecule has 0 aromatic rings. The Balaban J connectivity index is 2.44. The highest BCUT2D eigenvalue weighted by Gasteiger charge is 2.42. The molecular weight excluding hydrogens is 187 g/mol. The number of halogens is 3. The van der Waals surface area contributed by atoms with Gasteiger partial charge in [-0.05, 0) is 12.8 Å². The van der Waals surface area contributed by atoms with E-state index in [2.05, 4.69) is 5.32 Å². The Morgan fingerprint density at radius 1 is 1.38 bits per heavy atom. The molecule has 2 atom stereocenters. The molecule has 0 saturated carbocycles. The maximum atomic E-state index is 12.1. The van der Waals surface area contributed by atoms with Crippen molar-refractivity contribution in [2.24, 2.45) is 5.92 Å². The van der Waals surface area contributed by atoms with E-state index in [1.54, 1.807) is 0 Å². The van der Waals surface area contributed by atoms with Crippen LogP contribution in [-0.2, 0) is 4.79 Å². The number of hydrogen-bond acceptors (Lipinski definition) is 2. The Morgan fingerprint density at radius 2 is 2.00 bits per heavy atom. The molecule has 0 amide bonds. The summed E-state index contributed by atoms with van der Waals surface area (Å²) in [7, 11) is 0. The van der Waals surface area contributed by atoms with Crippen LogP contribution < -0.4 is 5.32 Å². The molecule has 0 aromatic carbocycles. The van der Waals surface area contributed by atoms with Crippen LogP contribution in [0.15, 0.2) is 0 Å². The van der Waals surface area contributed by atoms with Crippen LogP contribution in [0, 0.1) is 5.92 Å². The topological polar surface area (TPSA) is 49.3 Å². The molecular formula is C7H10F3NO2. The molecule has 1 aliphatic heterocycles. The summed E-state index contributed by atoms with van der Waals surface area (Å²) in [4.78, 5) is 10.4. The first-order valence-corrected chi connectivity index (χ1v) is 3.94. The predicted octanol–water partition coefficient (Wildman–Crippen LogP) is 1.00. The van der Waals surface area contributed by atoms with Crippen molar-refractivity contribution >= 4 is 5.97 Å². The van der Waals surface area contributed by atoms with Gasteiger partial charge in [0.05, 0.1) is 5.92 Å². The van der Waals surface area contributed by atoms with E-state index in [0.717, 1.165) is 0 Å². The fourth-order valence-electron chi connectivity index (χ4n) is 1.35. The van der Waals surface area contributed by atoms with Gasteiger partial charge in [-0.25, -0.2) is 0 Å². The number of piperidine rings is 1. The van der Waals surface area contributed by atoms with Gasteiger partial charge in [-0.1, -0.05) is 0 Å². The number of hydrogen-bond donors (Lipinski definition) is 2. The third-order valence-corrected chi connectivity index (χ3v) is 2.16. The van der Waals surface area contributed by atoms with E-state index in [-0.39, 0.29) is 19.4 Å². The molecule has 2 N–H and O–H groups in total.